The van der Waals surface area contributed by atoms with Crippen molar-refractivity contribution in [1.82, 2.24) is 5.32 Å². The lowest BCUT2D eigenvalue weighted by Crippen LogP contribution is -2.45. The monoisotopic (exact) mass is 956 g/mol. The molecule has 0 heterocycles. The minimum absolute atomic E-state index is 0.00654. The molecule has 0 spiro atoms. The van der Waals surface area contributed by atoms with Gasteiger partial charge >= 0.3 is 5.97 Å². The molecule has 0 aromatic heterocycles. The van der Waals surface area contributed by atoms with Gasteiger partial charge in [0.1, 0.15) is 0 Å². The number of hydrogen-bond donors (Lipinski definition) is 3. The van der Waals surface area contributed by atoms with E-state index in [0.717, 1.165) is 44.9 Å². The number of esters is 1. The van der Waals surface area contributed by atoms with Gasteiger partial charge < -0.3 is 20.3 Å². The first-order valence-electron chi connectivity index (χ1n) is 30.3. The van der Waals surface area contributed by atoms with E-state index in [-0.39, 0.29) is 18.5 Å². The molecule has 6 nitrogen and oxygen atoms in total. The van der Waals surface area contributed by atoms with E-state index in [4.69, 9.17) is 4.74 Å². The summed E-state index contributed by atoms with van der Waals surface area (Å²) in [5.41, 5.74) is 0. The summed E-state index contributed by atoms with van der Waals surface area (Å²) >= 11 is 0. The van der Waals surface area contributed by atoms with Crippen molar-refractivity contribution in [2.75, 3.05) is 13.2 Å². The van der Waals surface area contributed by atoms with E-state index in [9.17, 15) is 19.8 Å². The Morgan fingerprint density at radius 1 is 0.397 bits per heavy atom. The van der Waals surface area contributed by atoms with Gasteiger partial charge in [0, 0.05) is 12.8 Å². The van der Waals surface area contributed by atoms with Gasteiger partial charge in [-0.3, -0.25) is 9.59 Å². The largest absolute Gasteiger partial charge is 0.466 e. The SMILES string of the molecule is CCCCCC/C=C\CCCCCCCC(=O)OCCCCCCCCCCCCCC/C=C\CCCCCCCCCCCCCCCC(=O)NC(CO)C(O)/C=C/CCCCCCCCC. The van der Waals surface area contributed by atoms with Crippen molar-refractivity contribution >= 4 is 11.9 Å². The second kappa shape index (κ2) is 57.7. The molecule has 0 aromatic carbocycles. The van der Waals surface area contributed by atoms with Crippen molar-refractivity contribution < 1.29 is 24.5 Å². The molecule has 0 radical (unpaired) electrons. The Labute approximate surface area is 424 Å². The van der Waals surface area contributed by atoms with Crippen LogP contribution in [-0.2, 0) is 14.3 Å². The van der Waals surface area contributed by atoms with Crippen LogP contribution in [-0.4, -0.2) is 47.4 Å². The fourth-order valence-corrected chi connectivity index (χ4v) is 9.21. The Balaban J connectivity index is 3.36. The number of amides is 1. The van der Waals surface area contributed by atoms with Crippen LogP contribution in [0.5, 0.6) is 0 Å². The van der Waals surface area contributed by atoms with Crippen molar-refractivity contribution in [2.45, 2.75) is 334 Å². The highest BCUT2D eigenvalue weighted by atomic mass is 16.5. The second-order valence-electron chi connectivity index (χ2n) is 20.7. The lowest BCUT2D eigenvalue weighted by atomic mass is 10.0. The van der Waals surface area contributed by atoms with Crippen molar-refractivity contribution in [2.24, 2.45) is 0 Å². The highest BCUT2D eigenvalue weighted by molar-refractivity contribution is 5.76. The van der Waals surface area contributed by atoms with Crippen molar-refractivity contribution in [1.29, 1.82) is 0 Å². The number of hydrogen-bond acceptors (Lipinski definition) is 5. The van der Waals surface area contributed by atoms with E-state index < -0.39 is 12.1 Å². The molecule has 2 unspecified atom stereocenters. The molecule has 0 aliphatic heterocycles. The summed E-state index contributed by atoms with van der Waals surface area (Å²) in [6.45, 7) is 4.86. The van der Waals surface area contributed by atoms with E-state index in [0.29, 0.717) is 19.4 Å². The lowest BCUT2D eigenvalue weighted by Gasteiger charge is -2.20. The molecule has 68 heavy (non-hydrogen) atoms. The van der Waals surface area contributed by atoms with E-state index in [1.165, 1.54) is 250 Å². The van der Waals surface area contributed by atoms with Crippen LogP contribution in [0.15, 0.2) is 36.5 Å². The van der Waals surface area contributed by atoms with E-state index in [1.807, 2.05) is 6.08 Å². The molecule has 1 amide bonds. The van der Waals surface area contributed by atoms with Gasteiger partial charge in [-0.2, -0.15) is 0 Å². The molecule has 3 N–H and O–H groups in total. The molecule has 0 aromatic rings. The molecule has 0 rings (SSSR count). The summed E-state index contributed by atoms with van der Waals surface area (Å²) < 4.78 is 5.47. The summed E-state index contributed by atoms with van der Waals surface area (Å²) in [6, 6.07) is -0.625. The molecule has 0 bridgehead atoms. The molecule has 0 aliphatic rings. The van der Waals surface area contributed by atoms with Crippen molar-refractivity contribution in [3.8, 4) is 0 Å². The van der Waals surface area contributed by atoms with E-state index in [2.05, 4.69) is 43.5 Å². The first kappa shape index (κ1) is 66.1. The molecule has 2 atom stereocenters. The minimum atomic E-state index is -0.841. The van der Waals surface area contributed by atoms with Gasteiger partial charge in [0.2, 0.25) is 5.91 Å². The number of carbonyl (C=O) groups excluding carboxylic acids is 2. The quantitative estimate of drug-likeness (QED) is 0.0321. The number of unbranched alkanes of at least 4 members (excludes halogenated alkanes) is 41. The Morgan fingerprint density at radius 2 is 0.691 bits per heavy atom. The third-order valence-corrected chi connectivity index (χ3v) is 13.9. The average molecular weight is 957 g/mol. The van der Waals surface area contributed by atoms with Crippen LogP contribution < -0.4 is 5.32 Å². The molecule has 0 saturated heterocycles. The average Bonchev–Trinajstić information content (AvgIpc) is 3.34. The molecule has 400 valence electrons. The van der Waals surface area contributed by atoms with Crippen LogP contribution in [0.25, 0.3) is 0 Å². The predicted octanol–water partition coefficient (Wildman–Crippen LogP) is 18.8. The maximum Gasteiger partial charge on any atom is 0.305 e. The number of rotatable bonds is 56. The molecule has 0 saturated carbocycles. The van der Waals surface area contributed by atoms with Crippen LogP contribution in [0.4, 0.5) is 0 Å². The van der Waals surface area contributed by atoms with Gasteiger partial charge in [-0.25, -0.2) is 0 Å². The zero-order valence-electron chi connectivity index (χ0n) is 45.6. The smallest absolute Gasteiger partial charge is 0.305 e. The highest BCUT2D eigenvalue weighted by Gasteiger charge is 2.18. The molecule has 6 heteroatoms. The van der Waals surface area contributed by atoms with Crippen LogP contribution in [0.2, 0.25) is 0 Å². The summed E-state index contributed by atoms with van der Waals surface area (Å²) in [7, 11) is 0. The Hall–Kier alpha value is -1.92. The Kier molecular flexibility index (Phi) is 56.0. The van der Waals surface area contributed by atoms with Crippen LogP contribution in [0, 0.1) is 0 Å². The third-order valence-electron chi connectivity index (χ3n) is 13.9. The Bertz CT molecular complexity index is 1100. The summed E-state index contributed by atoms with van der Waals surface area (Å²) in [4.78, 5) is 24.4. The lowest BCUT2D eigenvalue weighted by molar-refractivity contribution is -0.143. The number of aliphatic hydroxyl groups is 2. The van der Waals surface area contributed by atoms with Gasteiger partial charge in [-0.15, -0.1) is 0 Å². The van der Waals surface area contributed by atoms with Gasteiger partial charge in [0.25, 0.3) is 0 Å². The van der Waals surface area contributed by atoms with Gasteiger partial charge in [0.15, 0.2) is 0 Å². The van der Waals surface area contributed by atoms with Crippen LogP contribution in [0.1, 0.15) is 322 Å². The third kappa shape index (κ3) is 53.4. The molecule has 0 fully saturated rings. The fourth-order valence-electron chi connectivity index (χ4n) is 9.21. The van der Waals surface area contributed by atoms with Gasteiger partial charge in [-0.05, 0) is 83.5 Å². The topological polar surface area (TPSA) is 95.9 Å². The van der Waals surface area contributed by atoms with Crippen LogP contribution >= 0.6 is 0 Å². The minimum Gasteiger partial charge on any atom is -0.466 e. The van der Waals surface area contributed by atoms with Gasteiger partial charge in [0.05, 0.1) is 25.4 Å². The number of allylic oxidation sites excluding steroid dienone is 5. The maximum absolute atomic E-state index is 12.4. The number of carbonyl (C=O) groups is 2. The van der Waals surface area contributed by atoms with Crippen molar-refractivity contribution in [3.05, 3.63) is 36.5 Å². The van der Waals surface area contributed by atoms with E-state index in [1.54, 1.807) is 6.08 Å². The number of aliphatic hydroxyl groups excluding tert-OH is 2. The summed E-state index contributed by atoms with van der Waals surface area (Å²) in [5.74, 6) is -0.0631. The first-order chi connectivity index (χ1) is 33.5. The normalized spacial score (nSPS) is 12.8. The van der Waals surface area contributed by atoms with Crippen LogP contribution in [0.3, 0.4) is 0 Å². The van der Waals surface area contributed by atoms with E-state index >= 15 is 0 Å². The standard InChI is InChI=1S/C62H117NO5/c1-3-5-7-9-11-13-14-32-36-40-44-48-52-56-62(67)68-57-53-49-45-41-37-34-31-29-27-25-23-21-19-17-15-16-18-20-22-24-26-28-30-33-35-39-43-47-51-55-61(66)63-59(58-64)60(65)54-50-46-42-38-12-10-8-6-4-2/h13-15,17,50,54,59-60,64-65H,3-12,16,18-49,51-53,55-58H2,1-2H3,(H,63,66)/b14-13-,17-15-,54-50+. The zero-order valence-corrected chi connectivity index (χ0v) is 45.6. The highest BCUT2D eigenvalue weighted by Crippen LogP contribution is 2.17. The fraction of sp³-hybridized carbons (Fsp3) is 0.871. The maximum atomic E-state index is 12.4. The predicted molar refractivity (Wildman–Crippen MR) is 296 cm³/mol. The molecular formula is C62H117NO5. The molecule has 0 aliphatic carbocycles. The second-order valence-corrected chi connectivity index (χ2v) is 20.7. The summed E-state index contributed by atoms with van der Waals surface area (Å²) in [5, 5.41) is 22.9. The zero-order chi connectivity index (χ0) is 49.3. The van der Waals surface area contributed by atoms with Crippen molar-refractivity contribution in [3.63, 3.8) is 0 Å². The Morgan fingerprint density at radius 3 is 1.06 bits per heavy atom. The first-order valence-corrected chi connectivity index (χ1v) is 30.3. The number of ether oxygens (including phenoxy) is 1. The molecular weight excluding hydrogens is 839 g/mol. The van der Waals surface area contributed by atoms with Gasteiger partial charge in [-0.1, -0.05) is 262 Å². The summed E-state index contributed by atoms with van der Waals surface area (Å²) in [6.07, 6.45) is 72.0. The number of nitrogens with one attached hydrogen (secondary N) is 1.